The number of hydrogen-bond acceptors (Lipinski definition) is 6. The number of amides is 2. The lowest BCUT2D eigenvalue weighted by molar-refractivity contribution is -0.134. The third kappa shape index (κ3) is 4.62. The van der Waals surface area contributed by atoms with E-state index in [1.807, 2.05) is 32.6 Å². The zero-order valence-electron chi connectivity index (χ0n) is 21.3. The normalized spacial score (nSPS) is 23.7. The Balaban J connectivity index is 1.20. The molecule has 0 spiro atoms. The topological polar surface area (TPSA) is 71.1 Å². The Bertz CT molecular complexity index is 1150. The fraction of sp³-hybridized carbons (Fsp3) is 0.481. The minimum atomic E-state index is -0.483. The summed E-state index contributed by atoms with van der Waals surface area (Å²) < 4.78 is 27.3. The number of carbonyl (C=O) groups excluding carboxylic acids is 2. The van der Waals surface area contributed by atoms with Crippen LogP contribution in [0.5, 0.6) is 0 Å². The Labute approximate surface area is 212 Å². The van der Waals surface area contributed by atoms with Gasteiger partial charge in [0.15, 0.2) is 0 Å². The highest BCUT2D eigenvalue weighted by atomic mass is 19.1. The summed E-state index contributed by atoms with van der Waals surface area (Å²) in [5.74, 6) is -1.44. The number of piperazine rings is 1. The van der Waals surface area contributed by atoms with Gasteiger partial charge in [0.1, 0.15) is 5.82 Å². The molecule has 1 unspecified atom stereocenters. The van der Waals surface area contributed by atoms with Crippen molar-refractivity contribution in [2.75, 3.05) is 36.0 Å². The smallest absolute Gasteiger partial charge is 0.399 e. The van der Waals surface area contributed by atoms with Gasteiger partial charge in [-0.15, -0.1) is 0 Å². The van der Waals surface area contributed by atoms with Gasteiger partial charge in [0, 0.05) is 38.3 Å². The Morgan fingerprint density at radius 1 is 0.917 bits per heavy atom. The Morgan fingerprint density at radius 2 is 1.53 bits per heavy atom. The van der Waals surface area contributed by atoms with E-state index in [2.05, 4.69) is 34.5 Å². The summed E-state index contributed by atoms with van der Waals surface area (Å²) >= 11 is 0. The summed E-state index contributed by atoms with van der Waals surface area (Å²) in [6, 6.07) is 13.3. The summed E-state index contributed by atoms with van der Waals surface area (Å²) in [4.78, 5) is 27.9. The van der Waals surface area contributed by atoms with Gasteiger partial charge >= 0.3 is 7.12 Å². The Kier molecular flexibility index (Phi) is 6.33. The first-order valence-electron chi connectivity index (χ1n) is 12.6. The van der Waals surface area contributed by atoms with E-state index >= 15 is 4.39 Å². The lowest BCUT2D eigenvalue weighted by Crippen LogP contribution is -2.47. The van der Waals surface area contributed by atoms with Crippen LogP contribution in [0.4, 0.5) is 15.8 Å². The molecule has 0 bridgehead atoms. The van der Waals surface area contributed by atoms with Crippen LogP contribution in [0.1, 0.15) is 52.0 Å². The maximum atomic E-state index is 15.0. The second-order valence-electron chi connectivity index (χ2n) is 10.9. The van der Waals surface area contributed by atoms with Gasteiger partial charge in [-0.05, 0) is 69.4 Å². The van der Waals surface area contributed by atoms with Crippen molar-refractivity contribution in [2.45, 2.75) is 57.7 Å². The van der Waals surface area contributed by atoms with E-state index in [1.54, 1.807) is 12.1 Å². The maximum Gasteiger partial charge on any atom is 0.494 e. The molecule has 3 aliphatic rings. The number of hydrogen-bond donors (Lipinski definition) is 1. The second-order valence-corrected chi connectivity index (χ2v) is 10.9. The van der Waals surface area contributed by atoms with Crippen LogP contribution in [0.3, 0.4) is 0 Å². The van der Waals surface area contributed by atoms with Crippen molar-refractivity contribution >= 4 is 35.8 Å². The van der Waals surface area contributed by atoms with Crippen molar-refractivity contribution in [1.82, 2.24) is 5.32 Å². The first-order valence-corrected chi connectivity index (χ1v) is 12.6. The third-order valence-electron chi connectivity index (χ3n) is 8.02. The Hall–Kier alpha value is -2.91. The fourth-order valence-electron chi connectivity index (χ4n) is 5.03. The fourth-order valence-corrected chi connectivity index (χ4v) is 5.03. The van der Waals surface area contributed by atoms with Crippen molar-refractivity contribution in [2.24, 2.45) is 0 Å². The SMILES string of the molecule is CC1(C)OB(c2ccc(N3CCN(c4ccc(C5CCC(=O)NC5=O)cc4F)CC3)cc2)OC1(C)C. The molecule has 0 aliphatic carbocycles. The number of imide groups is 1. The van der Waals surface area contributed by atoms with Gasteiger partial charge in [0.2, 0.25) is 11.8 Å². The Morgan fingerprint density at radius 3 is 2.11 bits per heavy atom. The van der Waals surface area contributed by atoms with Crippen LogP contribution in [0.2, 0.25) is 0 Å². The first kappa shape index (κ1) is 24.8. The standard InChI is InChI=1S/C27H33BFN3O4/c1-26(2)27(3,4)36-28(35-26)19-6-8-20(9-7-19)31-13-15-32(16-14-31)23-11-5-18(17-22(23)29)21-10-12-24(33)30-25(21)34/h5-9,11,17,21H,10,12-16H2,1-4H3,(H,30,33,34). The lowest BCUT2D eigenvalue weighted by atomic mass is 9.79. The van der Waals surface area contributed by atoms with E-state index in [9.17, 15) is 9.59 Å². The number of halogens is 1. The molecule has 190 valence electrons. The zero-order valence-corrected chi connectivity index (χ0v) is 21.3. The number of carbonyl (C=O) groups is 2. The molecule has 3 fully saturated rings. The van der Waals surface area contributed by atoms with Crippen LogP contribution >= 0.6 is 0 Å². The molecular formula is C27H33BFN3O4. The molecule has 0 saturated carbocycles. The average molecular weight is 493 g/mol. The van der Waals surface area contributed by atoms with Crippen molar-refractivity contribution in [3.8, 4) is 0 Å². The van der Waals surface area contributed by atoms with Crippen LogP contribution in [0.15, 0.2) is 42.5 Å². The molecule has 0 aromatic heterocycles. The molecule has 2 aromatic rings. The van der Waals surface area contributed by atoms with Gasteiger partial charge in [0.05, 0.1) is 22.8 Å². The van der Waals surface area contributed by atoms with E-state index in [1.165, 1.54) is 6.07 Å². The number of piperidine rings is 1. The molecule has 2 aromatic carbocycles. The number of anilines is 2. The van der Waals surface area contributed by atoms with Gasteiger partial charge in [-0.1, -0.05) is 18.2 Å². The van der Waals surface area contributed by atoms with Gasteiger partial charge in [0.25, 0.3) is 0 Å². The molecular weight excluding hydrogens is 460 g/mol. The van der Waals surface area contributed by atoms with E-state index in [0.29, 0.717) is 30.8 Å². The summed E-state index contributed by atoms with van der Waals surface area (Å²) in [6.45, 7) is 11.1. The van der Waals surface area contributed by atoms with Crippen LogP contribution in [-0.4, -0.2) is 56.3 Å². The predicted octanol–water partition coefficient (Wildman–Crippen LogP) is 2.97. The van der Waals surface area contributed by atoms with Crippen LogP contribution in [-0.2, 0) is 18.9 Å². The largest absolute Gasteiger partial charge is 0.494 e. The monoisotopic (exact) mass is 493 g/mol. The quantitative estimate of drug-likeness (QED) is 0.522. The number of benzene rings is 2. The molecule has 1 atom stereocenters. The molecule has 0 radical (unpaired) electrons. The zero-order chi connectivity index (χ0) is 25.7. The molecule has 3 saturated heterocycles. The van der Waals surface area contributed by atoms with Gasteiger partial charge < -0.3 is 19.1 Å². The molecule has 3 heterocycles. The number of rotatable bonds is 4. The maximum absolute atomic E-state index is 15.0. The van der Waals surface area contributed by atoms with Gasteiger partial charge in [-0.25, -0.2) is 4.39 Å². The highest BCUT2D eigenvalue weighted by Crippen LogP contribution is 2.36. The predicted molar refractivity (Wildman–Crippen MR) is 138 cm³/mol. The van der Waals surface area contributed by atoms with E-state index in [-0.39, 0.29) is 42.4 Å². The highest BCUT2D eigenvalue weighted by molar-refractivity contribution is 6.62. The van der Waals surface area contributed by atoms with Crippen LogP contribution in [0, 0.1) is 5.82 Å². The van der Waals surface area contributed by atoms with Crippen molar-refractivity contribution in [3.05, 3.63) is 53.8 Å². The van der Waals surface area contributed by atoms with Crippen LogP contribution in [0.25, 0.3) is 0 Å². The van der Waals surface area contributed by atoms with E-state index in [4.69, 9.17) is 9.31 Å². The molecule has 7 nitrogen and oxygen atoms in total. The minimum Gasteiger partial charge on any atom is -0.399 e. The molecule has 36 heavy (non-hydrogen) atoms. The summed E-state index contributed by atoms with van der Waals surface area (Å²) in [5.41, 5.74) is 2.52. The highest BCUT2D eigenvalue weighted by Gasteiger charge is 2.51. The van der Waals surface area contributed by atoms with Crippen molar-refractivity contribution in [3.63, 3.8) is 0 Å². The second kappa shape index (κ2) is 9.19. The lowest BCUT2D eigenvalue weighted by Gasteiger charge is -2.37. The van der Waals surface area contributed by atoms with E-state index in [0.717, 1.165) is 24.2 Å². The molecule has 3 aliphatic heterocycles. The summed E-state index contributed by atoms with van der Waals surface area (Å²) in [5, 5.41) is 2.34. The van der Waals surface area contributed by atoms with Gasteiger partial charge in [-0.2, -0.15) is 0 Å². The van der Waals surface area contributed by atoms with Crippen molar-refractivity contribution < 1.29 is 23.3 Å². The molecule has 5 rings (SSSR count). The molecule has 1 N–H and O–H groups in total. The van der Waals surface area contributed by atoms with Crippen molar-refractivity contribution in [1.29, 1.82) is 0 Å². The molecule has 2 amide bonds. The average Bonchev–Trinajstić information content (AvgIpc) is 3.06. The minimum absolute atomic E-state index is 0.269. The third-order valence-corrected chi connectivity index (χ3v) is 8.02. The summed E-state index contributed by atoms with van der Waals surface area (Å²) in [6.07, 6.45) is 0.689. The summed E-state index contributed by atoms with van der Waals surface area (Å²) in [7, 11) is -0.382. The van der Waals surface area contributed by atoms with Crippen LogP contribution < -0.4 is 20.6 Å². The molecule has 9 heteroatoms. The number of nitrogens with one attached hydrogen (secondary N) is 1. The number of nitrogens with zero attached hydrogens (tertiary/aromatic N) is 2. The first-order chi connectivity index (χ1) is 17.0. The van der Waals surface area contributed by atoms with Gasteiger partial charge in [-0.3, -0.25) is 14.9 Å². The van der Waals surface area contributed by atoms with E-state index < -0.39 is 5.92 Å².